The Morgan fingerprint density at radius 3 is 2.45 bits per heavy atom. The first-order chi connectivity index (χ1) is 14.7. The number of unbranched alkanes of at least 4 members (excludes halogenated alkanes) is 1. The summed E-state index contributed by atoms with van der Waals surface area (Å²) in [5.41, 5.74) is 7.08. The lowest BCUT2D eigenvalue weighted by molar-refractivity contribution is -0.139. The van der Waals surface area contributed by atoms with Gasteiger partial charge in [0.05, 0.1) is 6.04 Å². The maximum atomic E-state index is 13.7. The number of aromatic nitrogens is 2. The lowest BCUT2D eigenvalue weighted by Crippen LogP contribution is -2.27. The zero-order valence-electron chi connectivity index (χ0n) is 16.8. The minimum Gasteiger partial charge on any atom is -0.488 e. The third kappa shape index (κ3) is 7.14. The first kappa shape index (κ1) is 24.5. The molecule has 5 N–H and O–H groups in total. The van der Waals surface area contributed by atoms with Crippen LogP contribution in [0.4, 0.5) is 8.78 Å². The lowest BCUT2D eigenvalue weighted by Gasteiger charge is -2.27. The van der Waals surface area contributed by atoms with Crippen molar-refractivity contribution in [3.63, 3.8) is 0 Å². The average Bonchev–Trinajstić information content (AvgIpc) is 3.05. The summed E-state index contributed by atoms with van der Waals surface area (Å²) in [5, 5.41) is 16.3. The number of ether oxygens (including phenoxy) is 1. The number of carboxylic acid groups (broad SMARTS) is 2. The Balaban J connectivity index is 0.000000291. The minimum absolute atomic E-state index is 0.0628. The molecular formula is C20H25F2N3O5S. The number of fused-ring (bicyclic) bond motifs is 1. The predicted molar refractivity (Wildman–Crippen MR) is 111 cm³/mol. The summed E-state index contributed by atoms with van der Waals surface area (Å²) < 4.78 is 35.0. The van der Waals surface area contributed by atoms with E-state index in [1.165, 1.54) is 6.07 Å². The first-order valence-corrected chi connectivity index (χ1v) is 10.2. The van der Waals surface area contributed by atoms with Crippen LogP contribution in [0, 0.1) is 16.4 Å². The second-order valence-corrected chi connectivity index (χ2v) is 7.42. The molecule has 0 saturated heterocycles. The van der Waals surface area contributed by atoms with Crippen LogP contribution in [0.3, 0.4) is 0 Å². The number of halogens is 2. The van der Waals surface area contributed by atoms with Crippen LogP contribution in [-0.2, 0) is 22.4 Å². The summed E-state index contributed by atoms with van der Waals surface area (Å²) in [5.74, 6) is -2.87. The van der Waals surface area contributed by atoms with Gasteiger partial charge < -0.3 is 30.2 Å². The number of carboxylic acids is 2. The molecule has 2 heterocycles. The zero-order chi connectivity index (χ0) is 23.0. The monoisotopic (exact) mass is 457 g/mol. The van der Waals surface area contributed by atoms with Crippen molar-refractivity contribution >= 4 is 24.2 Å². The van der Waals surface area contributed by atoms with Crippen molar-refractivity contribution in [1.29, 1.82) is 0 Å². The molecule has 1 aliphatic heterocycles. The van der Waals surface area contributed by atoms with Gasteiger partial charge in [0.15, 0.2) is 16.3 Å². The zero-order valence-corrected chi connectivity index (χ0v) is 17.6. The Morgan fingerprint density at radius 2 is 1.87 bits per heavy atom. The molecule has 1 aromatic carbocycles. The summed E-state index contributed by atoms with van der Waals surface area (Å²) in [6, 6.07) is 2.05. The number of aliphatic carboxylic acids is 2. The highest BCUT2D eigenvalue weighted by molar-refractivity contribution is 7.71. The predicted octanol–water partition coefficient (Wildman–Crippen LogP) is 3.22. The largest absolute Gasteiger partial charge is 0.488 e. The van der Waals surface area contributed by atoms with Crippen LogP contribution in [0.5, 0.6) is 5.75 Å². The quantitative estimate of drug-likeness (QED) is 0.354. The fourth-order valence-electron chi connectivity index (χ4n) is 3.29. The molecule has 3 rings (SSSR count). The standard InChI is InChI=1S/C14H15F2N3OS.C6H10O4/c15-9-3-8-4-11(7-20-13(8)12(16)5-9)19-10(1-2-17)6-18-14(19)21;7-5(8)3-1-2-4-6(9)10/h3,5-6,11H,1-2,4,7,17H2,(H,18,21);1-4H2,(H,7,8)(H,9,10). The fourth-order valence-corrected chi connectivity index (χ4v) is 3.62. The van der Waals surface area contributed by atoms with Crippen LogP contribution in [0.25, 0.3) is 0 Å². The van der Waals surface area contributed by atoms with Gasteiger partial charge in [-0.3, -0.25) is 9.59 Å². The number of benzene rings is 1. The van der Waals surface area contributed by atoms with E-state index in [1.807, 2.05) is 10.8 Å². The van der Waals surface area contributed by atoms with E-state index in [4.69, 9.17) is 32.9 Å². The van der Waals surface area contributed by atoms with E-state index in [2.05, 4.69) is 4.98 Å². The number of hydrogen-bond donors (Lipinski definition) is 4. The maximum Gasteiger partial charge on any atom is 0.303 e. The van der Waals surface area contributed by atoms with Crippen molar-refractivity contribution in [2.45, 2.75) is 44.6 Å². The van der Waals surface area contributed by atoms with Gasteiger partial charge in [0.25, 0.3) is 0 Å². The number of nitrogens with two attached hydrogens (primary N) is 1. The molecule has 0 amide bonds. The molecule has 0 saturated carbocycles. The SMILES string of the molecule is NCCc1c[nH]c(=S)n1C1COc2c(F)cc(F)cc2C1.O=C(O)CCCCC(=O)O. The third-order valence-electron chi connectivity index (χ3n) is 4.65. The smallest absolute Gasteiger partial charge is 0.303 e. The number of rotatable bonds is 8. The van der Waals surface area contributed by atoms with Crippen molar-refractivity contribution in [2.24, 2.45) is 5.73 Å². The highest BCUT2D eigenvalue weighted by Crippen LogP contribution is 2.33. The number of carbonyl (C=O) groups is 2. The van der Waals surface area contributed by atoms with Gasteiger partial charge in [-0.1, -0.05) is 0 Å². The second-order valence-electron chi connectivity index (χ2n) is 7.03. The van der Waals surface area contributed by atoms with E-state index < -0.39 is 23.6 Å². The van der Waals surface area contributed by atoms with Crippen LogP contribution >= 0.6 is 12.2 Å². The van der Waals surface area contributed by atoms with Gasteiger partial charge in [0.2, 0.25) is 0 Å². The van der Waals surface area contributed by atoms with E-state index >= 15 is 0 Å². The Hall–Kier alpha value is -2.79. The molecular weight excluding hydrogens is 432 g/mol. The average molecular weight is 457 g/mol. The molecule has 0 spiro atoms. The molecule has 1 aliphatic rings. The molecule has 8 nitrogen and oxygen atoms in total. The van der Waals surface area contributed by atoms with Crippen LogP contribution in [0.2, 0.25) is 0 Å². The maximum absolute atomic E-state index is 13.7. The highest BCUT2D eigenvalue weighted by Gasteiger charge is 2.26. The minimum atomic E-state index is -0.870. The molecule has 1 atom stereocenters. The lowest BCUT2D eigenvalue weighted by atomic mass is 10.0. The molecule has 1 aromatic heterocycles. The van der Waals surface area contributed by atoms with Gasteiger partial charge >= 0.3 is 11.9 Å². The molecule has 0 radical (unpaired) electrons. The van der Waals surface area contributed by atoms with Crippen molar-refractivity contribution < 1.29 is 33.3 Å². The van der Waals surface area contributed by atoms with Crippen molar-refractivity contribution in [3.05, 3.63) is 46.0 Å². The Labute approximate surface area is 182 Å². The summed E-state index contributed by atoms with van der Waals surface area (Å²) >= 11 is 5.28. The Morgan fingerprint density at radius 1 is 1.23 bits per heavy atom. The molecule has 0 aliphatic carbocycles. The number of aromatic amines is 1. The molecule has 31 heavy (non-hydrogen) atoms. The van der Waals surface area contributed by atoms with Gasteiger partial charge in [-0.05, 0) is 37.7 Å². The van der Waals surface area contributed by atoms with Crippen molar-refractivity contribution in [2.75, 3.05) is 13.2 Å². The van der Waals surface area contributed by atoms with Gasteiger partial charge in [-0.25, -0.2) is 8.78 Å². The van der Waals surface area contributed by atoms with Gasteiger partial charge in [0, 0.05) is 49.2 Å². The molecule has 11 heteroatoms. The van der Waals surface area contributed by atoms with Crippen molar-refractivity contribution in [1.82, 2.24) is 9.55 Å². The number of nitrogens with one attached hydrogen (secondary N) is 1. The number of H-pyrrole nitrogens is 1. The Kier molecular flexibility index (Phi) is 9.13. The molecule has 170 valence electrons. The molecule has 1 unspecified atom stereocenters. The molecule has 0 bridgehead atoms. The van der Waals surface area contributed by atoms with E-state index in [1.54, 1.807) is 0 Å². The number of hydrogen-bond acceptors (Lipinski definition) is 5. The van der Waals surface area contributed by atoms with Gasteiger partial charge in [-0.15, -0.1) is 0 Å². The van der Waals surface area contributed by atoms with Crippen LogP contribution in [0.15, 0.2) is 18.3 Å². The van der Waals surface area contributed by atoms with Crippen molar-refractivity contribution in [3.8, 4) is 5.75 Å². The fraction of sp³-hybridized carbons (Fsp3) is 0.450. The van der Waals surface area contributed by atoms with E-state index in [0.717, 1.165) is 11.8 Å². The Bertz CT molecular complexity index is 960. The summed E-state index contributed by atoms with van der Waals surface area (Å²) in [6.07, 6.45) is 3.97. The highest BCUT2D eigenvalue weighted by atomic mass is 32.1. The normalized spacial score (nSPS) is 14.7. The van der Waals surface area contributed by atoms with Gasteiger partial charge in [0.1, 0.15) is 12.4 Å². The topological polar surface area (TPSA) is 131 Å². The van der Waals surface area contributed by atoms with E-state index in [9.17, 15) is 18.4 Å². The first-order valence-electron chi connectivity index (χ1n) is 9.76. The molecule has 2 aromatic rings. The second kappa shape index (κ2) is 11.6. The summed E-state index contributed by atoms with van der Waals surface area (Å²) in [4.78, 5) is 22.8. The van der Waals surface area contributed by atoms with Crippen LogP contribution < -0.4 is 10.5 Å². The van der Waals surface area contributed by atoms with Crippen LogP contribution in [0.1, 0.15) is 43.0 Å². The van der Waals surface area contributed by atoms with E-state index in [-0.39, 0.29) is 24.6 Å². The summed E-state index contributed by atoms with van der Waals surface area (Å²) in [7, 11) is 0. The van der Waals surface area contributed by atoms with Crippen LogP contribution in [-0.4, -0.2) is 44.9 Å². The third-order valence-corrected chi connectivity index (χ3v) is 4.96. The van der Waals surface area contributed by atoms with E-state index in [0.29, 0.717) is 49.2 Å². The number of nitrogens with zero attached hydrogens (tertiary/aromatic N) is 1. The number of imidazole rings is 1. The summed E-state index contributed by atoms with van der Waals surface area (Å²) in [6.45, 7) is 0.791. The molecule has 0 fully saturated rings. The van der Waals surface area contributed by atoms with Gasteiger partial charge in [-0.2, -0.15) is 0 Å².